The zero-order valence-corrected chi connectivity index (χ0v) is 16.0. The van der Waals surface area contributed by atoms with Crippen LogP contribution in [-0.2, 0) is 6.54 Å². The number of ether oxygens (including phenoxy) is 1. The molecule has 0 amide bonds. The van der Waals surface area contributed by atoms with Crippen LogP contribution in [0.5, 0.6) is 5.75 Å². The molecule has 0 atom stereocenters. The molecule has 4 aromatic rings. The number of likely N-dealkylation sites (N-methyl/N-ethyl adjacent to an activating group) is 1. The van der Waals surface area contributed by atoms with E-state index >= 15 is 0 Å². The van der Waals surface area contributed by atoms with Crippen molar-refractivity contribution in [2.75, 3.05) is 30.4 Å². The van der Waals surface area contributed by atoms with Crippen LogP contribution in [0.25, 0.3) is 10.9 Å². The van der Waals surface area contributed by atoms with Crippen LogP contribution in [0.15, 0.2) is 60.9 Å². The third-order valence-electron chi connectivity index (χ3n) is 5.13. The van der Waals surface area contributed by atoms with Gasteiger partial charge in [-0.15, -0.1) is 0 Å². The number of halogens is 1. The first kappa shape index (κ1) is 17.5. The highest BCUT2D eigenvalue weighted by atomic mass is 19.1. The summed E-state index contributed by atoms with van der Waals surface area (Å²) in [6.45, 7) is 1.91. The first-order chi connectivity index (χ1) is 14.2. The average Bonchev–Trinajstić information content (AvgIpc) is 3.12. The third kappa shape index (κ3) is 3.35. The summed E-state index contributed by atoms with van der Waals surface area (Å²) in [6, 6.07) is 14.7. The summed E-state index contributed by atoms with van der Waals surface area (Å²) in [6.07, 6.45) is 3.51. The van der Waals surface area contributed by atoms with Crippen LogP contribution in [0, 0.1) is 5.82 Å². The van der Waals surface area contributed by atoms with E-state index in [1.807, 2.05) is 30.3 Å². The zero-order valence-electron chi connectivity index (χ0n) is 16.0. The van der Waals surface area contributed by atoms with Gasteiger partial charge in [-0.2, -0.15) is 5.10 Å². The van der Waals surface area contributed by atoms with Crippen LogP contribution in [0.1, 0.15) is 5.56 Å². The predicted octanol–water partition coefficient (Wildman–Crippen LogP) is 4.19. The molecule has 0 saturated heterocycles. The fraction of sp³-hybridized carbons (Fsp3) is 0.182. The maximum absolute atomic E-state index is 14.0. The number of pyridine rings is 1. The van der Waals surface area contributed by atoms with Gasteiger partial charge >= 0.3 is 0 Å². The molecule has 0 spiro atoms. The highest BCUT2D eigenvalue weighted by Gasteiger charge is 2.15. The Morgan fingerprint density at radius 2 is 2.03 bits per heavy atom. The molecule has 0 aliphatic carbocycles. The Hall–Kier alpha value is -3.61. The van der Waals surface area contributed by atoms with E-state index in [1.165, 1.54) is 6.07 Å². The van der Waals surface area contributed by atoms with Gasteiger partial charge in [0, 0.05) is 42.0 Å². The Morgan fingerprint density at radius 1 is 1.14 bits per heavy atom. The van der Waals surface area contributed by atoms with Gasteiger partial charge in [-0.25, -0.2) is 9.37 Å². The Labute approximate surface area is 167 Å². The molecular formula is C22H20FN5O. The number of hydrogen-bond acceptors (Lipinski definition) is 5. The molecule has 7 heteroatoms. The smallest absolute Gasteiger partial charge is 0.144 e. The van der Waals surface area contributed by atoms with E-state index in [1.54, 1.807) is 29.2 Å². The van der Waals surface area contributed by atoms with E-state index in [0.717, 1.165) is 34.6 Å². The Kier molecular flexibility index (Phi) is 4.27. The van der Waals surface area contributed by atoms with Gasteiger partial charge in [0.1, 0.15) is 24.0 Å². The molecular weight excluding hydrogens is 369 g/mol. The van der Waals surface area contributed by atoms with Crippen molar-refractivity contribution in [1.29, 1.82) is 0 Å². The lowest BCUT2D eigenvalue weighted by Crippen LogP contribution is -2.28. The summed E-state index contributed by atoms with van der Waals surface area (Å²) >= 11 is 0. The minimum absolute atomic E-state index is 0.234. The molecule has 3 heterocycles. The van der Waals surface area contributed by atoms with Crippen molar-refractivity contribution < 1.29 is 9.13 Å². The largest absolute Gasteiger partial charge is 0.489 e. The molecule has 29 heavy (non-hydrogen) atoms. The molecule has 2 aromatic carbocycles. The summed E-state index contributed by atoms with van der Waals surface area (Å²) in [5.74, 6) is 1.31. The number of benzene rings is 2. The van der Waals surface area contributed by atoms with Crippen molar-refractivity contribution in [1.82, 2.24) is 14.8 Å². The molecule has 5 rings (SSSR count). The van der Waals surface area contributed by atoms with Gasteiger partial charge in [-0.05, 0) is 18.2 Å². The minimum atomic E-state index is -0.234. The second-order valence-electron chi connectivity index (χ2n) is 7.10. The van der Waals surface area contributed by atoms with Crippen LogP contribution >= 0.6 is 0 Å². The highest BCUT2D eigenvalue weighted by molar-refractivity contribution is 5.81. The maximum Gasteiger partial charge on any atom is 0.144 e. The first-order valence-electron chi connectivity index (χ1n) is 9.47. The van der Waals surface area contributed by atoms with Gasteiger partial charge in [-0.3, -0.25) is 4.68 Å². The molecule has 1 aliphatic heterocycles. The van der Waals surface area contributed by atoms with E-state index in [-0.39, 0.29) is 5.82 Å². The van der Waals surface area contributed by atoms with Crippen molar-refractivity contribution >= 4 is 28.1 Å². The summed E-state index contributed by atoms with van der Waals surface area (Å²) in [7, 11) is 2.06. The number of hydrogen-bond donors (Lipinski definition) is 1. The average molecular weight is 389 g/mol. The number of aromatic nitrogens is 3. The maximum atomic E-state index is 14.0. The lowest BCUT2D eigenvalue weighted by Gasteiger charge is -2.28. The number of nitrogens with zero attached hydrogens (tertiary/aromatic N) is 4. The molecule has 146 valence electrons. The van der Waals surface area contributed by atoms with Crippen molar-refractivity contribution in [3.63, 3.8) is 0 Å². The summed E-state index contributed by atoms with van der Waals surface area (Å²) < 4.78 is 21.6. The van der Waals surface area contributed by atoms with E-state index in [4.69, 9.17) is 4.74 Å². The molecule has 0 bridgehead atoms. The zero-order chi connectivity index (χ0) is 19.8. The summed E-state index contributed by atoms with van der Waals surface area (Å²) in [5, 5.41) is 8.64. The molecule has 0 unspecified atom stereocenters. The van der Waals surface area contributed by atoms with Crippen molar-refractivity contribution in [2.24, 2.45) is 0 Å². The Morgan fingerprint density at radius 3 is 2.93 bits per heavy atom. The van der Waals surface area contributed by atoms with Gasteiger partial charge in [0.2, 0.25) is 0 Å². The van der Waals surface area contributed by atoms with Crippen molar-refractivity contribution in [3.05, 3.63) is 72.3 Å². The van der Waals surface area contributed by atoms with E-state index in [9.17, 15) is 4.39 Å². The van der Waals surface area contributed by atoms with Gasteiger partial charge in [-0.1, -0.05) is 18.2 Å². The monoisotopic (exact) mass is 389 g/mol. The number of fused-ring (bicyclic) bond motifs is 2. The van der Waals surface area contributed by atoms with Crippen LogP contribution in [0.2, 0.25) is 0 Å². The number of rotatable bonds is 4. The van der Waals surface area contributed by atoms with Gasteiger partial charge < -0.3 is 15.0 Å². The van der Waals surface area contributed by atoms with Gasteiger partial charge in [0.15, 0.2) is 0 Å². The minimum Gasteiger partial charge on any atom is -0.489 e. The summed E-state index contributed by atoms with van der Waals surface area (Å²) in [4.78, 5) is 6.65. The van der Waals surface area contributed by atoms with E-state index in [2.05, 4.69) is 27.3 Å². The number of nitrogens with one attached hydrogen (secondary N) is 1. The lowest BCUT2D eigenvalue weighted by molar-refractivity contribution is 0.311. The quantitative estimate of drug-likeness (QED) is 0.567. The van der Waals surface area contributed by atoms with Gasteiger partial charge in [0.25, 0.3) is 0 Å². The van der Waals surface area contributed by atoms with E-state index in [0.29, 0.717) is 24.5 Å². The Bertz CT molecular complexity index is 1190. The van der Waals surface area contributed by atoms with E-state index < -0.39 is 0 Å². The lowest BCUT2D eigenvalue weighted by atomic mass is 10.2. The molecule has 0 radical (unpaired) electrons. The predicted molar refractivity (Wildman–Crippen MR) is 112 cm³/mol. The molecule has 1 N–H and O–H groups in total. The highest BCUT2D eigenvalue weighted by Crippen LogP contribution is 2.34. The van der Waals surface area contributed by atoms with Crippen molar-refractivity contribution in [3.8, 4) is 5.75 Å². The van der Waals surface area contributed by atoms with Crippen LogP contribution in [0.3, 0.4) is 0 Å². The van der Waals surface area contributed by atoms with Crippen LogP contribution in [0.4, 0.5) is 21.6 Å². The second kappa shape index (κ2) is 7.09. The molecule has 1 aliphatic rings. The fourth-order valence-corrected chi connectivity index (χ4v) is 3.54. The standard InChI is InChI=1S/C22H20FN5O/c1-27-8-9-29-21-10-17(6-7-19(21)27)26-22-11-20-16(12-24-22)13-25-28(20)14-15-4-2-3-5-18(15)23/h2-7,10-13H,8-9,14H2,1H3,(H,24,26). The summed E-state index contributed by atoms with van der Waals surface area (Å²) in [5.41, 5.74) is 3.46. The topological polar surface area (TPSA) is 55.2 Å². The van der Waals surface area contributed by atoms with Crippen LogP contribution in [-0.4, -0.2) is 35.0 Å². The molecule has 0 fully saturated rings. The molecule has 0 saturated carbocycles. The Balaban J connectivity index is 1.43. The SMILES string of the molecule is CN1CCOc2cc(Nc3cc4c(cn3)cnn4Cc3ccccc3F)ccc21. The molecule has 6 nitrogen and oxygen atoms in total. The number of anilines is 3. The molecule has 2 aromatic heterocycles. The van der Waals surface area contributed by atoms with Crippen molar-refractivity contribution in [2.45, 2.75) is 6.54 Å². The fourth-order valence-electron chi connectivity index (χ4n) is 3.54. The second-order valence-corrected chi connectivity index (χ2v) is 7.10. The van der Waals surface area contributed by atoms with Crippen LogP contribution < -0.4 is 15.0 Å². The third-order valence-corrected chi connectivity index (χ3v) is 5.13. The first-order valence-corrected chi connectivity index (χ1v) is 9.47. The normalized spacial score (nSPS) is 13.2. The van der Waals surface area contributed by atoms with Gasteiger partial charge in [0.05, 0.1) is 30.5 Å².